The second-order valence-electron chi connectivity index (χ2n) is 12.7. The van der Waals surface area contributed by atoms with Gasteiger partial charge in [-0.3, -0.25) is 4.57 Å². The van der Waals surface area contributed by atoms with Crippen molar-refractivity contribution >= 4 is 43.9 Å². The summed E-state index contributed by atoms with van der Waals surface area (Å²) >= 11 is 0. The molecule has 0 amide bonds. The molecule has 0 aliphatic rings. The van der Waals surface area contributed by atoms with Gasteiger partial charge in [-0.2, -0.15) is 0 Å². The van der Waals surface area contributed by atoms with Gasteiger partial charge in [0.2, 0.25) is 5.71 Å². The van der Waals surface area contributed by atoms with Crippen LogP contribution >= 0.6 is 0 Å². The van der Waals surface area contributed by atoms with Crippen molar-refractivity contribution in [2.24, 2.45) is 0 Å². The Morgan fingerprint density at radius 2 is 1.33 bits per heavy atom. The molecule has 0 radical (unpaired) electrons. The first kappa shape index (κ1) is 27.3. The fraction of sp³-hybridized carbons (Fsp3) is 0.171. The Morgan fingerprint density at radius 1 is 0.622 bits per heavy atom. The van der Waals surface area contributed by atoms with Gasteiger partial charge in [0, 0.05) is 21.9 Å². The van der Waals surface area contributed by atoms with E-state index in [4.69, 9.17) is 14.4 Å². The van der Waals surface area contributed by atoms with E-state index in [9.17, 15) is 0 Å². The molecular weight excluding hydrogens is 550 g/mol. The van der Waals surface area contributed by atoms with Gasteiger partial charge in [-0.15, -0.1) is 0 Å². The number of hydrogen-bond donors (Lipinski definition) is 0. The van der Waals surface area contributed by atoms with Crippen molar-refractivity contribution in [3.8, 4) is 28.2 Å². The third-order valence-corrected chi connectivity index (χ3v) is 9.04. The molecule has 0 saturated carbocycles. The molecule has 0 aliphatic heterocycles. The van der Waals surface area contributed by atoms with Crippen LogP contribution in [0.15, 0.2) is 114 Å². The van der Waals surface area contributed by atoms with Gasteiger partial charge in [-0.1, -0.05) is 100 Å². The zero-order valence-electron chi connectivity index (χ0n) is 26.3. The average Bonchev–Trinajstić information content (AvgIpc) is 3.62. The molecule has 8 aromatic rings. The molecule has 4 heteroatoms. The van der Waals surface area contributed by atoms with Crippen LogP contribution in [-0.2, 0) is 0 Å². The largest absolute Gasteiger partial charge is 0.437 e. The highest BCUT2D eigenvalue weighted by molar-refractivity contribution is 6.10. The molecule has 0 atom stereocenters. The van der Waals surface area contributed by atoms with E-state index in [1.165, 1.54) is 33.3 Å². The van der Waals surface area contributed by atoms with Crippen LogP contribution < -0.4 is 0 Å². The number of furan rings is 1. The van der Waals surface area contributed by atoms with E-state index in [0.717, 1.165) is 49.9 Å². The fourth-order valence-corrected chi connectivity index (χ4v) is 6.78. The number of para-hydroxylation sites is 1. The number of rotatable bonds is 5. The van der Waals surface area contributed by atoms with Crippen molar-refractivity contribution < 1.29 is 4.42 Å². The van der Waals surface area contributed by atoms with E-state index in [-0.39, 0.29) is 11.8 Å². The van der Waals surface area contributed by atoms with Crippen LogP contribution in [0.4, 0.5) is 0 Å². The number of nitrogens with zero attached hydrogens (tertiary/aromatic N) is 3. The van der Waals surface area contributed by atoms with Crippen molar-refractivity contribution in [3.63, 3.8) is 0 Å². The van der Waals surface area contributed by atoms with E-state index >= 15 is 0 Å². The molecule has 3 aromatic heterocycles. The number of pyridine rings is 1. The third kappa shape index (κ3) is 4.35. The van der Waals surface area contributed by atoms with E-state index < -0.39 is 0 Å². The minimum atomic E-state index is 0.279. The summed E-state index contributed by atoms with van der Waals surface area (Å²) in [4.78, 5) is 10.2. The Bertz CT molecular complexity index is 2360. The molecule has 3 heterocycles. The summed E-state index contributed by atoms with van der Waals surface area (Å²) in [5.74, 6) is 1.43. The normalized spacial score (nSPS) is 12.1. The van der Waals surface area contributed by atoms with Gasteiger partial charge < -0.3 is 4.42 Å². The lowest BCUT2D eigenvalue weighted by molar-refractivity contribution is 0.653. The number of hydrogen-bond acceptors (Lipinski definition) is 3. The topological polar surface area (TPSA) is 43.9 Å². The predicted molar refractivity (Wildman–Crippen MR) is 187 cm³/mol. The Labute approximate surface area is 263 Å². The summed E-state index contributed by atoms with van der Waals surface area (Å²) in [5.41, 5.74) is 11.7. The first-order chi connectivity index (χ1) is 21.9. The zero-order chi connectivity index (χ0) is 30.8. The van der Waals surface area contributed by atoms with Crippen molar-refractivity contribution in [2.75, 3.05) is 0 Å². The van der Waals surface area contributed by atoms with Crippen molar-refractivity contribution in [1.82, 2.24) is 14.5 Å². The van der Waals surface area contributed by atoms with Crippen LogP contribution in [0.1, 0.15) is 56.4 Å². The average molecular weight is 586 g/mol. The van der Waals surface area contributed by atoms with E-state index in [1.807, 2.05) is 13.0 Å². The maximum Gasteiger partial charge on any atom is 0.227 e. The maximum absolute atomic E-state index is 6.56. The Kier molecular flexibility index (Phi) is 6.35. The lowest BCUT2D eigenvalue weighted by Crippen LogP contribution is -2.09. The van der Waals surface area contributed by atoms with Gasteiger partial charge in [-0.25, -0.2) is 9.97 Å². The Morgan fingerprint density at radius 3 is 2.09 bits per heavy atom. The molecule has 5 aromatic carbocycles. The molecule has 0 bridgehead atoms. The number of fused-ring (bicyclic) bond motifs is 6. The van der Waals surface area contributed by atoms with Crippen LogP contribution in [0, 0.1) is 6.92 Å². The molecule has 45 heavy (non-hydrogen) atoms. The van der Waals surface area contributed by atoms with Crippen LogP contribution in [0.3, 0.4) is 0 Å². The van der Waals surface area contributed by atoms with E-state index in [0.29, 0.717) is 5.71 Å². The quantitative estimate of drug-likeness (QED) is 0.202. The molecule has 0 N–H and O–H groups in total. The number of imidazole rings is 1. The molecule has 220 valence electrons. The first-order valence-corrected chi connectivity index (χ1v) is 15.8. The Balaban J connectivity index is 1.53. The molecular formula is C41H35N3O. The van der Waals surface area contributed by atoms with Crippen molar-refractivity contribution in [2.45, 2.75) is 46.5 Å². The van der Waals surface area contributed by atoms with Crippen molar-refractivity contribution in [3.05, 3.63) is 126 Å². The number of benzene rings is 5. The summed E-state index contributed by atoms with van der Waals surface area (Å²) in [5, 5.41) is 4.38. The Hall–Kier alpha value is -5.22. The second kappa shape index (κ2) is 10.4. The van der Waals surface area contributed by atoms with Gasteiger partial charge in [0.25, 0.3) is 0 Å². The summed E-state index contributed by atoms with van der Waals surface area (Å²) in [6.45, 7) is 11.2. The summed E-state index contributed by atoms with van der Waals surface area (Å²) in [6, 6.07) is 39.0. The maximum atomic E-state index is 6.56. The molecule has 0 aliphatic carbocycles. The van der Waals surface area contributed by atoms with Crippen LogP contribution in [0.2, 0.25) is 0 Å². The predicted octanol–water partition coefficient (Wildman–Crippen LogP) is 11.4. The standard InChI is InChI=1S/C41H35N3O/c1-24(2)34-22-29(27-12-7-6-8-13-27)23-35(25(3)4)38(34)44-36-21-19-28-14-9-10-15-30(28)37(36)43-40(44)33-17-11-16-31-32-20-18-26(5)42-41(32)45-39(31)33/h6-25H,1-5H3. The molecule has 8 rings (SSSR count). The van der Waals surface area contributed by atoms with Gasteiger partial charge >= 0.3 is 0 Å². The zero-order valence-corrected chi connectivity index (χ0v) is 26.3. The third-order valence-electron chi connectivity index (χ3n) is 9.04. The number of aryl methyl sites for hydroxylation is 1. The van der Waals surface area contributed by atoms with Gasteiger partial charge in [0.05, 0.1) is 22.3 Å². The summed E-state index contributed by atoms with van der Waals surface area (Å²) in [6.07, 6.45) is 0. The fourth-order valence-electron chi connectivity index (χ4n) is 6.78. The summed E-state index contributed by atoms with van der Waals surface area (Å²) < 4.78 is 8.97. The van der Waals surface area contributed by atoms with Gasteiger partial charge in [-0.05, 0) is 82.8 Å². The number of aromatic nitrogens is 3. The summed E-state index contributed by atoms with van der Waals surface area (Å²) in [7, 11) is 0. The minimum absolute atomic E-state index is 0.279. The highest BCUT2D eigenvalue weighted by Gasteiger charge is 2.26. The van der Waals surface area contributed by atoms with Crippen LogP contribution in [0.25, 0.3) is 72.1 Å². The van der Waals surface area contributed by atoms with E-state index in [2.05, 4.69) is 135 Å². The molecule has 4 nitrogen and oxygen atoms in total. The monoisotopic (exact) mass is 585 g/mol. The van der Waals surface area contributed by atoms with Crippen LogP contribution in [0.5, 0.6) is 0 Å². The van der Waals surface area contributed by atoms with E-state index in [1.54, 1.807) is 0 Å². The highest BCUT2D eigenvalue weighted by Crippen LogP contribution is 2.43. The molecule has 0 fully saturated rings. The lowest BCUT2D eigenvalue weighted by atomic mass is 9.88. The molecule has 0 saturated heterocycles. The van der Waals surface area contributed by atoms with Crippen molar-refractivity contribution in [1.29, 1.82) is 0 Å². The van der Waals surface area contributed by atoms with Crippen LogP contribution in [-0.4, -0.2) is 14.5 Å². The van der Waals surface area contributed by atoms with Gasteiger partial charge in [0.1, 0.15) is 11.4 Å². The molecule has 0 spiro atoms. The minimum Gasteiger partial charge on any atom is -0.437 e. The second-order valence-corrected chi connectivity index (χ2v) is 12.7. The highest BCUT2D eigenvalue weighted by atomic mass is 16.3. The first-order valence-electron chi connectivity index (χ1n) is 15.8. The molecule has 0 unspecified atom stereocenters. The lowest BCUT2D eigenvalue weighted by Gasteiger charge is -2.24. The SMILES string of the molecule is Cc1ccc2c(n1)oc1c(-c3nc4c5ccccc5ccc4n3-c3c(C(C)C)cc(-c4ccccc4)cc3C(C)C)cccc12. The van der Waals surface area contributed by atoms with Gasteiger partial charge in [0.15, 0.2) is 0 Å². The smallest absolute Gasteiger partial charge is 0.227 e.